The number of carboxylic acid groups (broad SMARTS) is 1. The molecule has 0 aromatic heterocycles. The van der Waals surface area contributed by atoms with Crippen molar-refractivity contribution in [2.75, 3.05) is 20.8 Å². The van der Waals surface area contributed by atoms with Gasteiger partial charge in [0.05, 0.1) is 19.6 Å². The molecular weight excluding hydrogens is 274 g/mol. The van der Waals surface area contributed by atoms with E-state index in [4.69, 9.17) is 9.47 Å². The van der Waals surface area contributed by atoms with Crippen LogP contribution in [-0.2, 0) is 20.7 Å². The van der Waals surface area contributed by atoms with Gasteiger partial charge in [-0.1, -0.05) is 12.1 Å². The lowest BCUT2D eigenvalue weighted by Crippen LogP contribution is -2.41. The van der Waals surface area contributed by atoms with Gasteiger partial charge in [0.15, 0.2) is 0 Å². The first-order valence-corrected chi connectivity index (χ1v) is 6.73. The van der Waals surface area contributed by atoms with E-state index in [-0.39, 0.29) is 18.4 Å². The van der Waals surface area contributed by atoms with E-state index in [1.807, 2.05) is 6.07 Å². The summed E-state index contributed by atoms with van der Waals surface area (Å²) in [6.07, 6.45) is 0.257. The molecule has 0 saturated carbocycles. The van der Waals surface area contributed by atoms with E-state index < -0.39 is 12.0 Å². The minimum Gasteiger partial charge on any atom is -0.497 e. The number of methoxy groups -OCH3 is 2. The zero-order valence-electron chi connectivity index (χ0n) is 12.1. The number of rotatable bonds is 5. The maximum Gasteiger partial charge on any atom is 0.326 e. The van der Waals surface area contributed by atoms with E-state index in [0.717, 1.165) is 5.56 Å². The molecule has 1 heterocycles. The molecule has 1 N–H and O–H groups in total. The summed E-state index contributed by atoms with van der Waals surface area (Å²) in [5.74, 6) is -0.532. The summed E-state index contributed by atoms with van der Waals surface area (Å²) in [5, 5.41) is 9.22. The molecule has 1 fully saturated rings. The fourth-order valence-electron chi connectivity index (χ4n) is 2.54. The van der Waals surface area contributed by atoms with Gasteiger partial charge in [0.1, 0.15) is 11.8 Å². The Morgan fingerprint density at radius 1 is 1.38 bits per heavy atom. The molecule has 0 radical (unpaired) electrons. The summed E-state index contributed by atoms with van der Waals surface area (Å²) in [5.41, 5.74) is 0.796. The number of likely N-dealkylation sites (tertiary alicyclic amines) is 1. The van der Waals surface area contributed by atoms with Crippen molar-refractivity contribution in [2.45, 2.75) is 25.0 Å². The number of ether oxygens (including phenoxy) is 2. The molecule has 2 rings (SSSR count). The van der Waals surface area contributed by atoms with Gasteiger partial charge in [-0.15, -0.1) is 0 Å². The Morgan fingerprint density at radius 2 is 2.14 bits per heavy atom. The van der Waals surface area contributed by atoms with Crippen LogP contribution in [-0.4, -0.2) is 54.8 Å². The number of aliphatic carboxylic acids is 1. The molecule has 2 atom stereocenters. The van der Waals surface area contributed by atoms with Crippen LogP contribution in [0.3, 0.4) is 0 Å². The van der Waals surface area contributed by atoms with Crippen molar-refractivity contribution in [2.24, 2.45) is 0 Å². The zero-order chi connectivity index (χ0) is 15.4. The molecule has 1 saturated heterocycles. The summed E-state index contributed by atoms with van der Waals surface area (Å²) in [4.78, 5) is 25.0. The first-order valence-electron chi connectivity index (χ1n) is 6.73. The molecule has 1 aromatic carbocycles. The molecule has 6 heteroatoms. The van der Waals surface area contributed by atoms with Gasteiger partial charge in [0.2, 0.25) is 5.91 Å². The molecule has 0 spiro atoms. The van der Waals surface area contributed by atoms with Crippen LogP contribution in [0.5, 0.6) is 5.75 Å². The van der Waals surface area contributed by atoms with Gasteiger partial charge in [-0.05, 0) is 17.7 Å². The highest BCUT2D eigenvalue weighted by atomic mass is 16.5. The minimum absolute atomic E-state index is 0.150. The topological polar surface area (TPSA) is 76.1 Å². The first-order chi connectivity index (χ1) is 10.0. The molecule has 1 aliphatic heterocycles. The van der Waals surface area contributed by atoms with Crippen LogP contribution in [0.1, 0.15) is 12.0 Å². The third kappa shape index (κ3) is 3.52. The first kappa shape index (κ1) is 15.3. The van der Waals surface area contributed by atoms with Crippen LogP contribution in [0.25, 0.3) is 0 Å². The lowest BCUT2D eigenvalue weighted by molar-refractivity contribution is -0.148. The van der Waals surface area contributed by atoms with Gasteiger partial charge in [-0.2, -0.15) is 0 Å². The van der Waals surface area contributed by atoms with E-state index in [1.54, 1.807) is 25.3 Å². The molecule has 2 unspecified atom stereocenters. The zero-order valence-corrected chi connectivity index (χ0v) is 12.1. The molecule has 1 aliphatic rings. The van der Waals surface area contributed by atoms with E-state index in [2.05, 4.69) is 0 Å². The fourth-order valence-corrected chi connectivity index (χ4v) is 2.54. The average Bonchev–Trinajstić information content (AvgIpc) is 2.92. The lowest BCUT2D eigenvalue weighted by Gasteiger charge is -2.21. The summed E-state index contributed by atoms with van der Waals surface area (Å²) >= 11 is 0. The van der Waals surface area contributed by atoms with Crippen LogP contribution in [0.4, 0.5) is 0 Å². The average molecular weight is 293 g/mol. The van der Waals surface area contributed by atoms with Gasteiger partial charge >= 0.3 is 5.97 Å². The van der Waals surface area contributed by atoms with Gasteiger partial charge in [0, 0.05) is 20.1 Å². The highest BCUT2D eigenvalue weighted by Crippen LogP contribution is 2.22. The minimum atomic E-state index is -0.992. The molecular formula is C15H19NO5. The molecule has 21 heavy (non-hydrogen) atoms. The Morgan fingerprint density at radius 3 is 2.76 bits per heavy atom. The smallest absolute Gasteiger partial charge is 0.326 e. The third-order valence-corrected chi connectivity index (χ3v) is 3.69. The second-order valence-electron chi connectivity index (χ2n) is 5.02. The summed E-state index contributed by atoms with van der Waals surface area (Å²) in [6.45, 7) is 0.316. The number of hydrogen-bond donors (Lipinski definition) is 1. The van der Waals surface area contributed by atoms with Crippen LogP contribution in [0.15, 0.2) is 24.3 Å². The number of amides is 1. The molecule has 0 bridgehead atoms. The third-order valence-electron chi connectivity index (χ3n) is 3.69. The summed E-state index contributed by atoms with van der Waals surface area (Å²) < 4.78 is 10.3. The number of benzene rings is 1. The molecule has 1 aromatic rings. The van der Waals surface area contributed by atoms with Crippen LogP contribution < -0.4 is 4.74 Å². The van der Waals surface area contributed by atoms with Gasteiger partial charge in [0.25, 0.3) is 0 Å². The Balaban J connectivity index is 2.09. The highest BCUT2D eigenvalue weighted by Gasteiger charge is 2.39. The molecule has 114 valence electrons. The Kier molecular flexibility index (Phi) is 4.80. The predicted octanol–water partition coefficient (Wildman–Crippen LogP) is 0.938. The molecule has 6 nitrogen and oxygen atoms in total. The van der Waals surface area contributed by atoms with E-state index in [0.29, 0.717) is 18.7 Å². The number of nitrogens with zero attached hydrogens (tertiary/aromatic N) is 1. The van der Waals surface area contributed by atoms with Crippen molar-refractivity contribution in [1.29, 1.82) is 0 Å². The number of carboxylic acids is 1. The van der Waals surface area contributed by atoms with Crippen LogP contribution >= 0.6 is 0 Å². The number of carbonyl (C=O) groups is 2. The van der Waals surface area contributed by atoms with Crippen molar-refractivity contribution in [3.63, 3.8) is 0 Å². The number of hydrogen-bond acceptors (Lipinski definition) is 4. The lowest BCUT2D eigenvalue weighted by atomic mass is 10.1. The largest absolute Gasteiger partial charge is 0.497 e. The van der Waals surface area contributed by atoms with E-state index in [9.17, 15) is 14.7 Å². The summed E-state index contributed by atoms with van der Waals surface area (Å²) in [7, 11) is 3.09. The van der Waals surface area contributed by atoms with Crippen molar-refractivity contribution >= 4 is 11.9 Å². The number of carbonyl (C=O) groups excluding carboxylic acids is 1. The maximum absolute atomic E-state index is 12.4. The standard InChI is InChI=1S/C15H19NO5/c1-20-11-5-3-4-10(6-11)7-14(17)16-9-12(21-2)8-13(16)15(18)19/h3-6,12-13H,7-9H2,1-2H3,(H,18,19). The SMILES string of the molecule is COc1cccc(CC(=O)N2CC(OC)CC2C(=O)O)c1. The second-order valence-corrected chi connectivity index (χ2v) is 5.02. The van der Waals surface area contributed by atoms with Crippen molar-refractivity contribution < 1.29 is 24.2 Å². The summed E-state index contributed by atoms with van der Waals surface area (Å²) in [6, 6.07) is 6.38. The van der Waals surface area contributed by atoms with E-state index in [1.165, 1.54) is 12.0 Å². The van der Waals surface area contributed by atoms with Gasteiger partial charge in [-0.25, -0.2) is 4.79 Å². The Bertz CT molecular complexity index is 531. The van der Waals surface area contributed by atoms with Crippen LogP contribution in [0, 0.1) is 0 Å². The van der Waals surface area contributed by atoms with E-state index >= 15 is 0 Å². The van der Waals surface area contributed by atoms with Gasteiger partial charge in [-0.3, -0.25) is 4.79 Å². The quantitative estimate of drug-likeness (QED) is 0.874. The van der Waals surface area contributed by atoms with Crippen LogP contribution in [0.2, 0.25) is 0 Å². The maximum atomic E-state index is 12.4. The Labute approximate surface area is 123 Å². The predicted molar refractivity (Wildman–Crippen MR) is 75.2 cm³/mol. The fraction of sp³-hybridized carbons (Fsp3) is 0.467. The molecule has 1 amide bonds. The van der Waals surface area contributed by atoms with Crippen molar-refractivity contribution in [1.82, 2.24) is 4.90 Å². The van der Waals surface area contributed by atoms with Crippen molar-refractivity contribution in [3.05, 3.63) is 29.8 Å². The molecule has 0 aliphatic carbocycles. The van der Waals surface area contributed by atoms with Crippen molar-refractivity contribution in [3.8, 4) is 5.75 Å². The normalized spacial score (nSPS) is 21.3. The van der Waals surface area contributed by atoms with Gasteiger partial charge < -0.3 is 19.5 Å². The second kappa shape index (κ2) is 6.58. The monoisotopic (exact) mass is 293 g/mol. The Hall–Kier alpha value is -2.08. The highest BCUT2D eigenvalue weighted by molar-refractivity contribution is 5.85.